The number of carbonyl (C=O) groups is 1. The van der Waals surface area contributed by atoms with E-state index in [9.17, 15) is 14.9 Å². The number of hydrogen-bond acceptors (Lipinski definition) is 5. The molecule has 0 radical (unpaired) electrons. The molecule has 3 rings (SSSR count). The number of aryl methyl sites for hydroxylation is 2. The van der Waals surface area contributed by atoms with E-state index in [-0.39, 0.29) is 23.0 Å². The Balaban J connectivity index is 1.79. The van der Waals surface area contributed by atoms with E-state index in [1.54, 1.807) is 18.9 Å². The highest BCUT2D eigenvalue weighted by Crippen LogP contribution is 2.37. The summed E-state index contributed by atoms with van der Waals surface area (Å²) in [4.78, 5) is 25.1. The van der Waals surface area contributed by atoms with Crippen LogP contribution in [0.3, 0.4) is 0 Å². The van der Waals surface area contributed by atoms with Crippen molar-refractivity contribution in [3.63, 3.8) is 0 Å². The fourth-order valence-corrected chi connectivity index (χ4v) is 3.66. The van der Waals surface area contributed by atoms with E-state index in [4.69, 9.17) is 0 Å². The van der Waals surface area contributed by atoms with Crippen LogP contribution in [0.1, 0.15) is 35.4 Å². The lowest BCUT2D eigenvalue weighted by molar-refractivity contribution is -0.385. The van der Waals surface area contributed by atoms with Gasteiger partial charge in [0.25, 0.3) is 5.91 Å². The molecule has 0 bridgehead atoms. The van der Waals surface area contributed by atoms with Gasteiger partial charge in [0.05, 0.1) is 4.92 Å². The lowest BCUT2D eigenvalue weighted by Crippen LogP contribution is -2.44. The molecule has 22 heavy (non-hydrogen) atoms. The summed E-state index contributed by atoms with van der Waals surface area (Å²) in [7, 11) is 1.58. The van der Waals surface area contributed by atoms with Crippen LogP contribution in [0.15, 0.2) is 0 Å². The van der Waals surface area contributed by atoms with Gasteiger partial charge in [0.15, 0.2) is 0 Å². The topological polar surface area (TPSA) is 93.3 Å². The molecule has 8 nitrogen and oxygen atoms in total. The van der Waals surface area contributed by atoms with E-state index in [2.05, 4.69) is 10.4 Å². The van der Waals surface area contributed by atoms with Gasteiger partial charge in [-0.05, 0) is 38.1 Å². The molecule has 1 N–H and O–H groups in total. The van der Waals surface area contributed by atoms with Crippen LogP contribution in [-0.4, -0.2) is 51.7 Å². The number of hydrogen-bond donors (Lipinski definition) is 1. The Hall–Kier alpha value is -1.96. The number of nitro groups is 1. The normalized spacial score (nSPS) is 20.5. The first-order chi connectivity index (χ1) is 10.4. The first-order valence-electron chi connectivity index (χ1n) is 7.61. The molecule has 8 heteroatoms. The molecule has 0 saturated carbocycles. The molecule has 0 aliphatic carbocycles. The van der Waals surface area contributed by atoms with Crippen LogP contribution in [-0.2, 0) is 7.05 Å². The molecule has 2 saturated heterocycles. The van der Waals surface area contributed by atoms with E-state index in [1.165, 1.54) is 4.68 Å². The SMILES string of the molecule is Cc1nn(C)c(C(=O)N2CCC3(CCNC3)CC2)c1[N+](=O)[O-]. The van der Waals surface area contributed by atoms with Gasteiger partial charge < -0.3 is 10.2 Å². The average Bonchev–Trinajstić information content (AvgIpc) is 3.03. The van der Waals surface area contributed by atoms with Gasteiger partial charge in [0.1, 0.15) is 5.69 Å². The second-order valence-electron chi connectivity index (χ2n) is 6.38. The highest BCUT2D eigenvalue weighted by molar-refractivity contribution is 5.97. The van der Waals surface area contributed by atoms with Crippen molar-refractivity contribution >= 4 is 11.6 Å². The summed E-state index contributed by atoms with van der Waals surface area (Å²) in [5, 5.41) is 18.6. The largest absolute Gasteiger partial charge is 0.337 e. The van der Waals surface area contributed by atoms with Crippen molar-refractivity contribution in [2.45, 2.75) is 26.2 Å². The highest BCUT2D eigenvalue weighted by atomic mass is 16.6. The summed E-state index contributed by atoms with van der Waals surface area (Å²) >= 11 is 0. The van der Waals surface area contributed by atoms with Crippen molar-refractivity contribution < 1.29 is 9.72 Å². The summed E-state index contributed by atoms with van der Waals surface area (Å²) in [5.41, 5.74) is 0.507. The molecule has 1 aromatic rings. The molecule has 0 aromatic carbocycles. The number of piperidine rings is 1. The third-order valence-corrected chi connectivity index (χ3v) is 5.02. The van der Waals surface area contributed by atoms with Crippen molar-refractivity contribution in [2.24, 2.45) is 12.5 Å². The van der Waals surface area contributed by atoms with Gasteiger partial charge in [-0.2, -0.15) is 5.10 Å². The monoisotopic (exact) mass is 307 g/mol. The Morgan fingerprint density at radius 2 is 2.05 bits per heavy atom. The molecule has 2 aliphatic heterocycles. The number of rotatable bonds is 2. The zero-order valence-corrected chi connectivity index (χ0v) is 13.0. The van der Waals surface area contributed by atoms with E-state index < -0.39 is 4.92 Å². The Labute approximate surface area is 128 Å². The first-order valence-corrected chi connectivity index (χ1v) is 7.61. The number of amides is 1. The predicted molar refractivity (Wildman–Crippen MR) is 79.7 cm³/mol. The number of likely N-dealkylation sites (tertiary alicyclic amines) is 1. The van der Waals surface area contributed by atoms with Crippen molar-refractivity contribution in [3.8, 4) is 0 Å². The van der Waals surface area contributed by atoms with Crippen LogP contribution in [0.4, 0.5) is 5.69 Å². The van der Waals surface area contributed by atoms with Crippen molar-refractivity contribution in [2.75, 3.05) is 26.2 Å². The van der Waals surface area contributed by atoms with Gasteiger partial charge in [-0.15, -0.1) is 0 Å². The molecule has 0 atom stereocenters. The highest BCUT2D eigenvalue weighted by Gasteiger charge is 2.40. The second-order valence-corrected chi connectivity index (χ2v) is 6.38. The standard InChI is InChI=1S/C14H21N5O3/c1-10-11(19(21)22)12(17(2)16-10)13(20)18-7-4-14(5-8-18)3-6-15-9-14/h15H,3-9H2,1-2H3. The quantitative estimate of drug-likeness (QED) is 0.646. The Kier molecular flexibility index (Phi) is 3.64. The van der Waals surface area contributed by atoms with Crippen molar-refractivity contribution in [1.29, 1.82) is 0 Å². The van der Waals surface area contributed by atoms with Crippen molar-refractivity contribution in [3.05, 3.63) is 21.5 Å². The molecule has 2 fully saturated rings. The minimum absolute atomic E-state index is 0.0861. The van der Waals surface area contributed by atoms with Crippen LogP contribution >= 0.6 is 0 Å². The number of nitrogens with zero attached hydrogens (tertiary/aromatic N) is 4. The van der Waals surface area contributed by atoms with Crippen LogP contribution in [0.25, 0.3) is 0 Å². The Morgan fingerprint density at radius 1 is 1.36 bits per heavy atom. The van der Waals surface area contributed by atoms with Crippen LogP contribution in [0, 0.1) is 22.5 Å². The minimum atomic E-state index is -0.512. The van der Waals surface area contributed by atoms with Crippen LogP contribution in [0.2, 0.25) is 0 Å². The minimum Gasteiger partial charge on any atom is -0.337 e. The summed E-state index contributed by atoms with van der Waals surface area (Å²) in [6, 6.07) is 0. The maximum Gasteiger partial charge on any atom is 0.322 e. The number of nitrogens with one attached hydrogen (secondary N) is 1. The van der Waals surface area contributed by atoms with Gasteiger partial charge in [0, 0.05) is 26.7 Å². The lowest BCUT2D eigenvalue weighted by Gasteiger charge is -2.38. The molecule has 1 amide bonds. The van der Waals surface area contributed by atoms with Crippen molar-refractivity contribution in [1.82, 2.24) is 20.0 Å². The second kappa shape index (κ2) is 5.35. The maximum atomic E-state index is 12.7. The smallest absolute Gasteiger partial charge is 0.322 e. The molecule has 2 aliphatic rings. The third kappa shape index (κ3) is 2.37. The van der Waals surface area contributed by atoms with Gasteiger partial charge in [-0.3, -0.25) is 19.6 Å². The Morgan fingerprint density at radius 3 is 2.59 bits per heavy atom. The van der Waals surface area contributed by atoms with Gasteiger partial charge in [0.2, 0.25) is 5.69 Å². The Bertz CT molecular complexity index is 608. The zero-order valence-electron chi connectivity index (χ0n) is 13.0. The third-order valence-electron chi connectivity index (χ3n) is 5.02. The first kappa shape index (κ1) is 15.0. The molecule has 120 valence electrons. The van der Waals surface area contributed by atoms with Crippen LogP contribution < -0.4 is 5.32 Å². The maximum absolute atomic E-state index is 12.7. The average molecular weight is 307 g/mol. The van der Waals surface area contributed by atoms with Crippen LogP contribution in [0.5, 0.6) is 0 Å². The fourth-order valence-electron chi connectivity index (χ4n) is 3.66. The number of carbonyl (C=O) groups excluding carboxylic acids is 1. The molecule has 1 aromatic heterocycles. The van der Waals surface area contributed by atoms with E-state index >= 15 is 0 Å². The van der Waals surface area contributed by atoms with Gasteiger partial charge >= 0.3 is 5.69 Å². The molecule has 1 spiro atoms. The van der Waals surface area contributed by atoms with E-state index in [1.807, 2.05) is 0 Å². The molecule has 3 heterocycles. The lowest BCUT2D eigenvalue weighted by atomic mass is 9.78. The molecular formula is C14H21N5O3. The summed E-state index contributed by atoms with van der Waals surface area (Å²) in [5.74, 6) is -0.282. The predicted octanol–water partition coefficient (Wildman–Crippen LogP) is 0.852. The fraction of sp³-hybridized carbons (Fsp3) is 0.714. The van der Waals surface area contributed by atoms with Gasteiger partial charge in [-0.1, -0.05) is 0 Å². The summed E-state index contributed by atoms with van der Waals surface area (Å²) in [6.45, 7) is 4.93. The zero-order chi connectivity index (χ0) is 15.9. The molecular weight excluding hydrogens is 286 g/mol. The summed E-state index contributed by atoms with van der Waals surface area (Å²) in [6.07, 6.45) is 3.06. The number of aromatic nitrogens is 2. The summed E-state index contributed by atoms with van der Waals surface area (Å²) < 4.78 is 1.33. The van der Waals surface area contributed by atoms with E-state index in [0.717, 1.165) is 32.4 Å². The molecule has 0 unspecified atom stereocenters. The van der Waals surface area contributed by atoms with Gasteiger partial charge in [-0.25, -0.2) is 0 Å². The van der Waals surface area contributed by atoms with E-state index in [0.29, 0.717) is 18.5 Å².